The molecule has 0 saturated carbocycles. The van der Waals surface area contributed by atoms with E-state index in [1.807, 2.05) is 26.0 Å². The van der Waals surface area contributed by atoms with Crippen LogP contribution in [0, 0.1) is 5.82 Å². The Balaban J connectivity index is 3.04. The molecule has 0 nitrogen and oxygen atoms in total. The molecule has 0 N–H and O–H groups in total. The van der Waals surface area contributed by atoms with Crippen LogP contribution in [0.15, 0.2) is 29.8 Å². The number of benzene rings is 1. The summed E-state index contributed by atoms with van der Waals surface area (Å²) in [6, 6.07) is 6.76. The van der Waals surface area contributed by atoms with E-state index >= 15 is 0 Å². The van der Waals surface area contributed by atoms with Gasteiger partial charge in [0.15, 0.2) is 0 Å². The van der Waals surface area contributed by atoms with Gasteiger partial charge < -0.3 is 0 Å². The summed E-state index contributed by atoms with van der Waals surface area (Å²) < 4.78 is 12.9. The van der Waals surface area contributed by atoms with Gasteiger partial charge in [-0.25, -0.2) is 4.39 Å². The van der Waals surface area contributed by atoms with E-state index in [1.165, 1.54) is 6.07 Å². The Bertz CT molecular complexity index is 270. The highest BCUT2D eigenvalue weighted by Crippen LogP contribution is 2.10. The van der Waals surface area contributed by atoms with Gasteiger partial charge in [-0.2, -0.15) is 0 Å². The lowest BCUT2D eigenvalue weighted by atomic mass is 10.1. The summed E-state index contributed by atoms with van der Waals surface area (Å²) in [6.07, 6.45) is 1.83. The third kappa shape index (κ3) is 2.19. The van der Waals surface area contributed by atoms with Crippen LogP contribution in [0.25, 0.3) is 6.08 Å². The molecule has 0 aliphatic carbocycles. The van der Waals surface area contributed by atoms with E-state index in [9.17, 15) is 4.39 Å². The van der Waals surface area contributed by atoms with Crippen molar-refractivity contribution in [1.82, 2.24) is 0 Å². The summed E-state index contributed by atoms with van der Waals surface area (Å²) in [5.41, 5.74) is 1.77. The van der Waals surface area contributed by atoms with Crippen LogP contribution in [0.5, 0.6) is 0 Å². The van der Waals surface area contributed by atoms with Gasteiger partial charge in [-0.3, -0.25) is 0 Å². The summed E-state index contributed by atoms with van der Waals surface area (Å²) >= 11 is 0. The molecule has 58 valence electrons. The lowest BCUT2D eigenvalue weighted by Crippen LogP contribution is -1.79. The molecule has 1 aromatic rings. The molecule has 1 heteroatoms. The predicted molar refractivity (Wildman–Crippen MR) is 45.7 cm³/mol. The first-order valence-corrected chi connectivity index (χ1v) is 3.59. The van der Waals surface area contributed by atoms with Gasteiger partial charge in [0.25, 0.3) is 0 Å². The van der Waals surface area contributed by atoms with Crippen molar-refractivity contribution >= 4 is 6.08 Å². The number of rotatable bonds is 1. The zero-order valence-corrected chi connectivity index (χ0v) is 6.76. The zero-order chi connectivity index (χ0) is 8.27. The Morgan fingerprint density at radius 3 is 2.45 bits per heavy atom. The van der Waals surface area contributed by atoms with Crippen molar-refractivity contribution in [3.8, 4) is 0 Å². The van der Waals surface area contributed by atoms with E-state index in [0.29, 0.717) is 5.56 Å². The first-order chi connectivity index (χ1) is 5.20. The maximum absolute atomic E-state index is 12.9. The lowest BCUT2D eigenvalue weighted by molar-refractivity contribution is 0.625. The van der Waals surface area contributed by atoms with Crippen LogP contribution in [-0.2, 0) is 0 Å². The summed E-state index contributed by atoms with van der Waals surface area (Å²) in [5.74, 6) is -0.159. The standard InChI is InChI=1S/C10H11F/c1-8(2)7-9-5-3-4-6-10(9)11/h3-7H,1-2H3. The minimum absolute atomic E-state index is 0.159. The highest BCUT2D eigenvalue weighted by atomic mass is 19.1. The number of hydrogen-bond donors (Lipinski definition) is 0. The SMILES string of the molecule is CC(C)=Cc1ccccc1F. The fraction of sp³-hybridized carbons (Fsp3) is 0.200. The van der Waals surface area contributed by atoms with Crippen molar-refractivity contribution in [2.45, 2.75) is 13.8 Å². The molecule has 0 bridgehead atoms. The summed E-state index contributed by atoms with van der Waals surface area (Å²) in [5, 5.41) is 0. The largest absolute Gasteiger partial charge is 0.206 e. The fourth-order valence-corrected chi connectivity index (χ4v) is 0.903. The van der Waals surface area contributed by atoms with Crippen LogP contribution in [0.3, 0.4) is 0 Å². The molecule has 0 amide bonds. The maximum atomic E-state index is 12.9. The Kier molecular flexibility index (Phi) is 2.42. The summed E-state index contributed by atoms with van der Waals surface area (Å²) in [4.78, 5) is 0. The molecule has 0 spiro atoms. The second-order valence-electron chi connectivity index (χ2n) is 2.74. The first kappa shape index (κ1) is 7.99. The number of hydrogen-bond acceptors (Lipinski definition) is 0. The molecule has 0 heterocycles. The van der Waals surface area contributed by atoms with Gasteiger partial charge in [-0.15, -0.1) is 0 Å². The average Bonchev–Trinajstić information content (AvgIpc) is 1.93. The predicted octanol–water partition coefficient (Wildman–Crippen LogP) is 3.25. The van der Waals surface area contributed by atoms with Crippen molar-refractivity contribution in [1.29, 1.82) is 0 Å². The smallest absolute Gasteiger partial charge is 0.130 e. The normalized spacial score (nSPS) is 9.36. The van der Waals surface area contributed by atoms with E-state index in [2.05, 4.69) is 0 Å². The number of halogens is 1. The van der Waals surface area contributed by atoms with Crippen molar-refractivity contribution in [3.05, 3.63) is 41.2 Å². The molecule has 0 fully saturated rings. The number of allylic oxidation sites excluding steroid dienone is 1. The molecule has 0 unspecified atom stereocenters. The second-order valence-corrected chi connectivity index (χ2v) is 2.74. The minimum atomic E-state index is -0.159. The van der Waals surface area contributed by atoms with E-state index in [-0.39, 0.29) is 5.82 Å². The Labute approximate surface area is 66.4 Å². The highest BCUT2D eigenvalue weighted by Gasteiger charge is 1.94. The molecule has 0 radical (unpaired) electrons. The van der Waals surface area contributed by atoms with Crippen LogP contribution in [0.4, 0.5) is 4.39 Å². The van der Waals surface area contributed by atoms with E-state index in [0.717, 1.165) is 5.57 Å². The molecule has 0 saturated heterocycles. The summed E-state index contributed by atoms with van der Waals surface area (Å²) in [6.45, 7) is 3.90. The molecule has 1 rings (SSSR count). The van der Waals surface area contributed by atoms with Crippen molar-refractivity contribution in [2.24, 2.45) is 0 Å². The molecule has 0 aliphatic rings. The molecule has 0 aromatic heterocycles. The Morgan fingerprint density at radius 1 is 1.27 bits per heavy atom. The van der Waals surface area contributed by atoms with Crippen molar-refractivity contribution in [2.75, 3.05) is 0 Å². The topological polar surface area (TPSA) is 0 Å². The van der Waals surface area contributed by atoms with Crippen LogP contribution >= 0.6 is 0 Å². The van der Waals surface area contributed by atoms with Crippen LogP contribution in [0.1, 0.15) is 19.4 Å². The zero-order valence-electron chi connectivity index (χ0n) is 6.76. The third-order valence-corrected chi connectivity index (χ3v) is 1.35. The van der Waals surface area contributed by atoms with Gasteiger partial charge in [0, 0.05) is 5.56 Å². The van der Waals surface area contributed by atoms with Gasteiger partial charge in [0.2, 0.25) is 0 Å². The van der Waals surface area contributed by atoms with Crippen molar-refractivity contribution in [3.63, 3.8) is 0 Å². The fourth-order valence-electron chi connectivity index (χ4n) is 0.903. The quantitative estimate of drug-likeness (QED) is 0.576. The Hall–Kier alpha value is -1.11. The van der Waals surface area contributed by atoms with Gasteiger partial charge in [-0.1, -0.05) is 29.8 Å². The van der Waals surface area contributed by atoms with Gasteiger partial charge in [-0.05, 0) is 19.9 Å². The Morgan fingerprint density at radius 2 is 1.91 bits per heavy atom. The van der Waals surface area contributed by atoms with Crippen LogP contribution in [-0.4, -0.2) is 0 Å². The highest BCUT2D eigenvalue weighted by molar-refractivity contribution is 5.52. The first-order valence-electron chi connectivity index (χ1n) is 3.59. The monoisotopic (exact) mass is 150 g/mol. The van der Waals surface area contributed by atoms with Gasteiger partial charge in [0.1, 0.15) is 5.82 Å². The summed E-state index contributed by atoms with van der Waals surface area (Å²) in [7, 11) is 0. The van der Waals surface area contributed by atoms with Gasteiger partial charge >= 0.3 is 0 Å². The molecule has 1 aromatic carbocycles. The average molecular weight is 150 g/mol. The van der Waals surface area contributed by atoms with Gasteiger partial charge in [0.05, 0.1) is 0 Å². The third-order valence-electron chi connectivity index (χ3n) is 1.35. The van der Waals surface area contributed by atoms with E-state index in [4.69, 9.17) is 0 Å². The van der Waals surface area contributed by atoms with E-state index in [1.54, 1.807) is 12.1 Å². The lowest BCUT2D eigenvalue weighted by Gasteiger charge is -1.95. The molecule has 0 atom stereocenters. The van der Waals surface area contributed by atoms with E-state index < -0.39 is 0 Å². The van der Waals surface area contributed by atoms with Crippen molar-refractivity contribution < 1.29 is 4.39 Å². The van der Waals surface area contributed by atoms with Crippen LogP contribution in [0.2, 0.25) is 0 Å². The van der Waals surface area contributed by atoms with Crippen LogP contribution < -0.4 is 0 Å². The molecular weight excluding hydrogens is 139 g/mol. The molecular formula is C10H11F. The second kappa shape index (κ2) is 3.33. The molecule has 11 heavy (non-hydrogen) atoms. The maximum Gasteiger partial charge on any atom is 0.130 e. The molecule has 0 aliphatic heterocycles. The minimum Gasteiger partial charge on any atom is -0.206 e.